The molecule has 0 fully saturated rings. The molecule has 122 valence electrons. The molecule has 2 aromatic carbocycles. The number of carbonyl (C=O) groups is 2. The van der Waals surface area contributed by atoms with Gasteiger partial charge in [-0.05, 0) is 29.8 Å². The van der Waals surface area contributed by atoms with Crippen LogP contribution in [-0.4, -0.2) is 22.7 Å². The third-order valence-electron chi connectivity index (χ3n) is 3.61. The lowest BCUT2D eigenvalue weighted by molar-refractivity contribution is -0.129. The quantitative estimate of drug-likeness (QED) is 0.917. The van der Waals surface area contributed by atoms with Crippen LogP contribution in [0.15, 0.2) is 59.7 Å². The molecule has 0 aliphatic carbocycles. The number of hydrazone groups is 1. The number of anilines is 1. The molecule has 0 saturated carbocycles. The first-order valence-corrected chi connectivity index (χ1v) is 7.54. The van der Waals surface area contributed by atoms with Gasteiger partial charge in [-0.3, -0.25) is 4.79 Å². The maximum Gasteiger partial charge on any atom is 0.352 e. The van der Waals surface area contributed by atoms with Crippen molar-refractivity contribution >= 4 is 23.3 Å². The molecule has 6 nitrogen and oxygen atoms in total. The van der Waals surface area contributed by atoms with E-state index in [0.29, 0.717) is 18.0 Å². The molecule has 1 aliphatic rings. The summed E-state index contributed by atoms with van der Waals surface area (Å²) in [6, 6.07) is 16.6. The Kier molecular flexibility index (Phi) is 4.56. The molecule has 0 saturated heterocycles. The summed E-state index contributed by atoms with van der Waals surface area (Å²) in [6.07, 6.45) is 0.292. The summed E-state index contributed by atoms with van der Waals surface area (Å²) in [5.41, 5.74) is 1.56. The van der Waals surface area contributed by atoms with Gasteiger partial charge in [-0.2, -0.15) is 5.10 Å². The van der Waals surface area contributed by atoms with Crippen molar-refractivity contribution in [2.24, 2.45) is 5.10 Å². The van der Waals surface area contributed by atoms with Crippen molar-refractivity contribution in [3.63, 3.8) is 0 Å². The molecular weight excluding hydrogens is 308 g/mol. The summed E-state index contributed by atoms with van der Waals surface area (Å²) >= 11 is 0. The van der Waals surface area contributed by atoms with E-state index in [1.165, 1.54) is 0 Å². The van der Waals surface area contributed by atoms with E-state index in [9.17, 15) is 9.59 Å². The summed E-state index contributed by atoms with van der Waals surface area (Å²) in [5, 5.41) is 14.1. The summed E-state index contributed by atoms with van der Waals surface area (Å²) < 4.78 is 5.69. The predicted octanol–water partition coefficient (Wildman–Crippen LogP) is 2.83. The second kappa shape index (κ2) is 6.95. The van der Waals surface area contributed by atoms with E-state index in [2.05, 4.69) is 5.10 Å². The Balaban J connectivity index is 1.70. The number of hydrogen-bond donors (Lipinski definition) is 1. The number of carbonyl (C=O) groups excluding carboxylic acids is 1. The molecule has 1 aliphatic heterocycles. The second-order valence-corrected chi connectivity index (χ2v) is 5.33. The zero-order chi connectivity index (χ0) is 16.9. The highest BCUT2D eigenvalue weighted by Crippen LogP contribution is 2.23. The van der Waals surface area contributed by atoms with Crippen molar-refractivity contribution < 1.29 is 19.4 Å². The predicted molar refractivity (Wildman–Crippen MR) is 89.0 cm³/mol. The van der Waals surface area contributed by atoms with Crippen LogP contribution in [0.25, 0.3) is 0 Å². The van der Waals surface area contributed by atoms with Crippen molar-refractivity contribution in [1.29, 1.82) is 0 Å². The minimum atomic E-state index is -1.10. The van der Waals surface area contributed by atoms with Crippen molar-refractivity contribution in [1.82, 2.24) is 0 Å². The van der Waals surface area contributed by atoms with Gasteiger partial charge in [0.25, 0.3) is 0 Å². The Morgan fingerprint density at radius 3 is 2.46 bits per heavy atom. The zero-order valence-corrected chi connectivity index (χ0v) is 12.9. The minimum Gasteiger partial charge on any atom is -0.489 e. The normalized spacial score (nSPS) is 14.2. The van der Waals surface area contributed by atoms with Crippen LogP contribution in [0.2, 0.25) is 0 Å². The van der Waals surface area contributed by atoms with Gasteiger partial charge in [0, 0.05) is 12.8 Å². The zero-order valence-electron chi connectivity index (χ0n) is 12.9. The number of ether oxygens (including phenoxy) is 1. The summed E-state index contributed by atoms with van der Waals surface area (Å²) in [6.45, 7) is 0.449. The molecule has 0 radical (unpaired) electrons. The fourth-order valence-electron chi connectivity index (χ4n) is 2.33. The fourth-order valence-corrected chi connectivity index (χ4v) is 2.33. The number of benzene rings is 2. The van der Waals surface area contributed by atoms with Crippen LogP contribution in [-0.2, 0) is 16.2 Å². The molecule has 24 heavy (non-hydrogen) atoms. The highest BCUT2D eigenvalue weighted by molar-refractivity contribution is 6.37. The number of carboxylic acids is 1. The van der Waals surface area contributed by atoms with Crippen LogP contribution < -0.4 is 9.75 Å². The van der Waals surface area contributed by atoms with Crippen molar-refractivity contribution in [2.45, 2.75) is 19.4 Å². The number of amides is 1. The first-order valence-electron chi connectivity index (χ1n) is 7.54. The van der Waals surface area contributed by atoms with Crippen molar-refractivity contribution in [2.75, 3.05) is 5.01 Å². The van der Waals surface area contributed by atoms with Crippen molar-refractivity contribution in [3.8, 4) is 5.75 Å². The Morgan fingerprint density at radius 1 is 1.08 bits per heavy atom. The Bertz CT molecular complexity index is 769. The van der Waals surface area contributed by atoms with E-state index in [0.717, 1.165) is 10.6 Å². The molecule has 0 atom stereocenters. The number of aliphatic carboxylic acids is 1. The van der Waals surface area contributed by atoms with Gasteiger partial charge in [-0.25, -0.2) is 9.80 Å². The van der Waals surface area contributed by atoms with Crippen LogP contribution in [0.5, 0.6) is 5.75 Å². The Labute approximate surface area is 139 Å². The van der Waals surface area contributed by atoms with E-state index in [-0.39, 0.29) is 24.5 Å². The number of hydrogen-bond acceptors (Lipinski definition) is 4. The maximum atomic E-state index is 12.0. The lowest BCUT2D eigenvalue weighted by atomic mass is 10.1. The van der Waals surface area contributed by atoms with Gasteiger partial charge < -0.3 is 9.84 Å². The van der Waals surface area contributed by atoms with Gasteiger partial charge in [0.1, 0.15) is 18.1 Å². The summed E-state index contributed by atoms with van der Waals surface area (Å²) in [4.78, 5) is 23.0. The van der Waals surface area contributed by atoms with Crippen LogP contribution in [0.1, 0.15) is 18.4 Å². The minimum absolute atomic E-state index is 0.0148. The van der Waals surface area contributed by atoms with Gasteiger partial charge in [0.2, 0.25) is 5.91 Å². The average Bonchev–Trinajstić information content (AvgIpc) is 2.61. The monoisotopic (exact) mass is 324 g/mol. The highest BCUT2D eigenvalue weighted by atomic mass is 16.5. The Morgan fingerprint density at radius 2 is 1.79 bits per heavy atom. The lowest BCUT2D eigenvalue weighted by Crippen LogP contribution is -2.34. The molecule has 0 unspecified atom stereocenters. The molecule has 2 aromatic rings. The van der Waals surface area contributed by atoms with Crippen LogP contribution in [0, 0.1) is 0 Å². The van der Waals surface area contributed by atoms with Gasteiger partial charge in [-0.15, -0.1) is 0 Å². The number of rotatable bonds is 5. The average molecular weight is 324 g/mol. The largest absolute Gasteiger partial charge is 0.489 e. The summed E-state index contributed by atoms with van der Waals surface area (Å²) in [7, 11) is 0. The topological polar surface area (TPSA) is 79.2 Å². The van der Waals surface area contributed by atoms with E-state index >= 15 is 0 Å². The molecule has 6 heteroatoms. The fraction of sp³-hybridized carbons (Fsp3) is 0.167. The molecule has 0 spiro atoms. The van der Waals surface area contributed by atoms with Gasteiger partial charge >= 0.3 is 5.97 Å². The standard InChI is InChI=1S/C18H16N2O4/c21-17-11-10-16(18(22)23)19-20(17)14-6-8-15(9-7-14)24-12-13-4-2-1-3-5-13/h1-9H,10-12H2,(H,22,23). The number of nitrogens with zero attached hydrogens (tertiary/aromatic N) is 2. The third-order valence-corrected chi connectivity index (χ3v) is 3.61. The van der Waals surface area contributed by atoms with Crippen LogP contribution >= 0.6 is 0 Å². The van der Waals surface area contributed by atoms with E-state index in [4.69, 9.17) is 9.84 Å². The molecule has 1 amide bonds. The van der Waals surface area contributed by atoms with Gasteiger partial charge in [0.05, 0.1) is 5.69 Å². The van der Waals surface area contributed by atoms with E-state index < -0.39 is 5.97 Å². The molecular formula is C18H16N2O4. The highest BCUT2D eigenvalue weighted by Gasteiger charge is 2.25. The van der Waals surface area contributed by atoms with E-state index in [1.807, 2.05) is 30.3 Å². The lowest BCUT2D eigenvalue weighted by Gasteiger charge is -2.22. The van der Waals surface area contributed by atoms with Gasteiger partial charge in [0.15, 0.2) is 0 Å². The van der Waals surface area contributed by atoms with Crippen LogP contribution in [0.3, 0.4) is 0 Å². The molecule has 1 heterocycles. The molecule has 0 aromatic heterocycles. The van der Waals surface area contributed by atoms with Crippen molar-refractivity contribution in [3.05, 3.63) is 60.2 Å². The second-order valence-electron chi connectivity index (χ2n) is 5.33. The third kappa shape index (κ3) is 3.60. The maximum absolute atomic E-state index is 12.0. The SMILES string of the molecule is O=C(O)C1=NN(c2ccc(OCc3ccccc3)cc2)C(=O)CC1. The first kappa shape index (κ1) is 15.7. The van der Waals surface area contributed by atoms with Gasteiger partial charge in [-0.1, -0.05) is 30.3 Å². The summed E-state index contributed by atoms with van der Waals surface area (Å²) in [5.74, 6) is -0.664. The number of carboxylic acid groups (broad SMARTS) is 1. The molecule has 1 N–H and O–H groups in total. The van der Waals surface area contributed by atoms with Crippen LogP contribution in [0.4, 0.5) is 5.69 Å². The molecule has 3 rings (SSSR count). The Hall–Kier alpha value is -3.15. The molecule has 0 bridgehead atoms. The van der Waals surface area contributed by atoms with E-state index in [1.54, 1.807) is 24.3 Å². The smallest absolute Gasteiger partial charge is 0.352 e. The first-order chi connectivity index (χ1) is 11.6.